The molecular formula is C77H146O17P2. The van der Waals surface area contributed by atoms with E-state index in [4.69, 9.17) is 37.0 Å². The lowest BCUT2D eigenvalue weighted by Gasteiger charge is -2.21. The number of rotatable bonds is 74. The van der Waals surface area contributed by atoms with Crippen LogP contribution in [0.15, 0.2) is 24.3 Å². The lowest BCUT2D eigenvalue weighted by molar-refractivity contribution is -0.161. The van der Waals surface area contributed by atoms with Gasteiger partial charge in [0.2, 0.25) is 0 Å². The third kappa shape index (κ3) is 70.0. The monoisotopic (exact) mass is 1410 g/mol. The number of aliphatic hydroxyl groups excluding tert-OH is 1. The maximum absolute atomic E-state index is 13.1. The van der Waals surface area contributed by atoms with Crippen molar-refractivity contribution >= 4 is 39.5 Å². The fourth-order valence-corrected chi connectivity index (χ4v) is 12.9. The summed E-state index contributed by atoms with van der Waals surface area (Å²) in [5.74, 6) is -0.588. The Hall–Kier alpha value is -2.46. The van der Waals surface area contributed by atoms with Crippen LogP contribution in [0, 0.1) is 11.8 Å². The number of phosphoric ester groups is 2. The molecule has 0 saturated heterocycles. The number of aliphatic hydroxyl groups is 1. The van der Waals surface area contributed by atoms with Gasteiger partial charge in [0.15, 0.2) is 12.2 Å². The Bertz CT molecular complexity index is 1950. The van der Waals surface area contributed by atoms with Gasteiger partial charge in [0, 0.05) is 25.7 Å². The minimum Gasteiger partial charge on any atom is -0.462 e. The normalized spacial score (nSPS) is 14.2. The first kappa shape index (κ1) is 93.5. The molecule has 566 valence electrons. The number of unbranched alkanes of at least 4 members (excludes halogenated alkanes) is 41. The van der Waals surface area contributed by atoms with Crippen molar-refractivity contribution in [1.29, 1.82) is 0 Å². The summed E-state index contributed by atoms with van der Waals surface area (Å²) in [5.41, 5.74) is 0. The molecule has 3 N–H and O–H groups in total. The van der Waals surface area contributed by atoms with Crippen LogP contribution in [0.4, 0.5) is 0 Å². The summed E-state index contributed by atoms with van der Waals surface area (Å²) >= 11 is 0. The Kier molecular flexibility index (Phi) is 66.6. The zero-order valence-electron chi connectivity index (χ0n) is 62.2. The molecule has 0 rings (SSSR count). The molecule has 5 atom stereocenters. The Morgan fingerprint density at radius 2 is 0.562 bits per heavy atom. The highest BCUT2D eigenvalue weighted by molar-refractivity contribution is 7.47. The molecule has 0 heterocycles. The number of phosphoric acid groups is 2. The van der Waals surface area contributed by atoms with E-state index in [1.54, 1.807) is 0 Å². The molecule has 0 saturated carbocycles. The fourth-order valence-electron chi connectivity index (χ4n) is 11.3. The molecule has 0 aromatic rings. The van der Waals surface area contributed by atoms with Crippen molar-refractivity contribution < 1.29 is 80.2 Å². The van der Waals surface area contributed by atoms with Crippen molar-refractivity contribution in [3.8, 4) is 0 Å². The molecule has 19 heteroatoms. The van der Waals surface area contributed by atoms with Gasteiger partial charge in [0.1, 0.15) is 19.3 Å². The van der Waals surface area contributed by atoms with Crippen molar-refractivity contribution in [3.05, 3.63) is 24.3 Å². The van der Waals surface area contributed by atoms with Crippen LogP contribution in [0.3, 0.4) is 0 Å². The van der Waals surface area contributed by atoms with Gasteiger partial charge in [0.05, 0.1) is 26.4 Å². The number of allylic oxidation sites excluding steroid dienone is 4. The Balaban J connectivity index is 5.26. The van der Waals surface area contributed by atoms with Crippen LogP contribution in [0.1, 0.15) is 375 Å². The molecule has 0 amide bonds. The maximum atomic E-state index is 13.1. The van der Waals surface area contributed by atoms with E-state index in [0.717, 1.165) is 121 Å². The van der Waals surface area contributed by atoms with Crippen molar-refractivity contribution in [2.75, 3.05) is 39.6 Å². The van der Waals surface area contributed by atoms with E-state index >= 15 is 0 Å². The SMILES string of the molecule is CCCCCC/C=C\C=C/CCCCCCCC(=O)OC[C@H](COP(=O)(O)OC[C@@H](O)COP(=O)(O)OC[C@@H](COC(=O)CCCCCCCCCCC)OC(=O)CCCCCCCCCCCCC(C)C)OC(=O)CCCCCCCCCCCCCCCCCCC(C)C. The second-order valence-corrected chi connectivity index (χ2v) is 30.9. The largest absolute Gasteiger partial charge is 0.472 e. The van der Waals surface area contributed by atoms with Crippen LogP contribution in [0.2, 0.25) is 0 Å². The average Bonchev–Trinajstić information content (AvgIpc) is 1.19. The van der Waals surface area contributed by atoms with Gasteiger partial charge in [-0.3, -0.25) is 37.3 Å². The predicted octanol–water partition coefficient (Wildman–Crippen LogP) is 22.3. The number of carbonyl (C=O) groups is 4. The van der Waals surface area contributed by atoms with Gasteiger partial charge >= 0.3 is 39.5 Å². The summed E-state index contributed by atoms with van der Waals surface area (Å²) in [5, 5.41) is 10.6. The Morgan fingerprint density at radius 3 is 0.854 bits per heavy atom. The molecular weight excluding hydrogens is 1260 g/mol. The van der Waals surface area contributed by atoms with Gasteiger partial charge in [0.25, 0.3) is 0 Å². The van der Waals surface area contributed by atoms with Crippen LogP contribution in [-0.2, 0) is 65.4 Å². The maximum Gasteiger partial charge on any atom is 0.472 e. The van der Waals surface area contributed by atoms with Crippen LogP contribution in [-0.4, -0.2) is 96.7 Å². The molecule has 0 spiro atoms. The summed E-state index contributed by atoms with van der Waals surface area (Å²) in [6, 6.07) is 0. The van der Waals surface area contributed by atoms with Crippen LogP contribution >= 0.6 is 15.6 Å². The van der Waals surface area contributed by atoms with E-state index in [0.29, 0.717) is 25.7 Å². The summed E-state index contributed by atoms with van der Waals surface area (Å²) < 4.78 is 68.5. The first-order valence-corrected chi connectivity index (χ1v) is 42.3. The first-order chi connectivity index (χ1) is 46.4. The molecule has 0 aliphatic rings. The predicted molar refractivity (Wildman–Crippen MR) is 391 cm³/mol. The molecule has 96 heavy (non-hydrogen) atoms. The number of carbonyl (C=O) groups excluding carboxylic acids is 4. The van der Waals surface area contributed by atoms with E-state index in [1.807, 2.05) is 0 Å². The Labute approximate surface area is 586 Å². The lowest BCUT2D eigenvalue weighted by atomic mass is 10.0. The van der Waals surface area contributed by atoms with Crippen LogP contribution in [0.5, 0.6) is 0 Å². The molecule has 0 aliphatic heterocycles. The Morgan fingerprint density at radius 1 is 0.323 bits per heavy atom. The smallest absolute Gasteiger partial charge is 0.462 e. The van der Waals surface area contributed by atoms with E-state index < -0.39 is 97.5 Å². The lowest BCUT2D eigenvalue weighted by Crippen LogP contribution is -2.30. The molecule has 0 bridgehead atoms. The molecule has 0 aromatic heterocycles. The van der Waals surface area contributed by atoms with Gasteiger partial charge in [-0.1, -0.05) is 323 Å². The third-order valence-corrected chi connectivity index (χ3v) is 19.2. The molecule has 0 aromatic carbocycles. The van der Waals surface area contributed by atoms with E-state index in [2.05, 4.69) is 65.8 Å². The van der Waals surface area contributed by atoms with E-state index in [-0.39, 0.29) is 25.7 Å². The van der Waals surface area contributed by atoms with Crippen LogP contribution < -0.4 is 0 Å². The van der Waals surface area contributed by atoms with Gasteiger partial charge < -0.3 is 33.8 Å². The third-order valence-electron chi connectivity index (χ3n) is 17.3. The molecule has 0 fully saturated rings. The topological polar surface area (TPSA) is 237 Å². The van der Waals surface area contributed by atoms with Gasteiger partial charge in [-0.15, -0.1) is 0 Å². The summed E-state index contributed by atoms with van der Waals surface area (Å²) in [6.07, 6.45) is 59.1. The van der Waals surface area contributed by atoms with Gasteiger partial charge in [-0.05, 0) is 63.2 Å². The van der Waals surface area contributed by atoms with Crippen molar-refractivity contribution in [1.82, 2.24) is 0 Å². The standard InChI is InChI=1S/C77H146O17P2/c1-7-9-11-13-15-17-18-19-22-26-29-36-42-48-54-60-75(80)88-66-73(93-76(81)61-55-49-43-37-30-27-24-21-20-23-25-28-34-39-45-51-57-69(3)4)68-92-96(85,86)90-64-71(78)63-89-95(83,84)91-67-72(65-87-74(79)59-53-47-41-33-16-14-12-10-8-2)94-77(82)62-56-50-44-38-32-31-35-40-46-52-58-70(5)6/h17-19,22,69-73,78H,7-16,20-21,23-68H2,1-6H3,(H,83,84)(H,85,86)/b18-17-,22-19-/t71-,72+,73+/m0/s1. The average molecular weight is 1410 g/mol. The summed E-state index contributed by atoms with van der Waals surface area (Å²) in [7, 11) is -9.92. The highest BCUT2D eigenvalue weighted by Gasteiger charge is 2.30. The quantitative estimate of drug-likeness (QED) is 0.0169. The van der Waals surface area contributed by atoms with E-state index in [1.165, 1.54) is 173 Å². The zero-order chi connectivity index (χ0) is 70.7. The van der Waals surface area contributed by atoms with Gasteiger partial charge in [-0.2, -0.15) is 0 Å². The molecule has 0 aliphatic carbocycles. The highest BCUT2D eigenvalue weighted by atomic mass is 31.2. The number of ether oxygens (including phenoxy) is 4. The van der Waals surface area contributed by atoms with Crippen LogP contribution in [0.25, 0.3) is 0 Å². The molecule has 2 unspecified atom stereocenters. The molecule has 17 nitrogen and oxygen atoms in total. The summed E-state index contributed by atoms with van der Waals surface area (Å²) in [4.78, 5) is 72.8. The number of hydrogen-bond acceptors (Lipinski definition) is 15. The minimum atomic E-state index is -4.97. The summed E-state index contributed by atoms with van der Waals surface area (Å²) in [6.45, 7) is 9.54. The van der Waals surface area contributed by atoms with Crippen molar-refractivity contribution in [2.24, 2.45) is 11.8 Å². The molecule has 0 radical (unpaired) electrons. The van der Waals surface area contributed by atoms with Crippen molar-refractivity contribution in [3.63, 3.8) is 0 Å². The number of hydrogen-bond donors (Lipinski definition) is 3. The minimum absolute atomic E-state index is 0.101. The van der Waals surface area contributed by atoms with Gasteiger partial charge in [-0.25, -0.2) is 9.13 Å². The second kappa shape index (κ2) is 68.3. The fraction of sp³-hybridized carbons (Fsp3) is 0.896. The number of esters is 4. The van der Waals surface area contributed by atoms with E-state index in [9.17, 15) is 43.2 Å². The second-order valence-electron chi connectivity index (χ2n) is 28.0. The highest BCUT2D eigenvalue weighted by Crippen LogP contribution is 2.45. The zero-order valence-corrected chi connectivity index (χ0v) is 63.9. The first-order valence-electron chi connectivity index (χ1n) is 39.3. The van der Waals surface area contributed by atoms with Crippen molar-refractivity contribution in [2.45, 2.75) is 394 Å².